The van der Waals surface area contributed by atoms with Crippen LogP contribution in [0.25, 0.3) is 0 Å². The van der Waals surface area contributed by atoms with E-state index >= 15 is 0 Å². The Morgan fingerprint density at radius 2 is 2.20 bits per heavy atom. The number of hydrogen-bond donors (Lipinski definition) is 2. The molecule has 20 heavy (non-hydrogen) atoms. The van der Waals surface area contributed by atoms with Gasteiger partial charge in [-0.3, -0.25) is 4.99 Å². The Morgan fingerprint density at radius 3 is 2.85 bits per heavy atom. The van der Waals surface area contributed by atoms with E-state index in [1.54, 1.807) is 6.26 Å². The molecule has 1 aromatic rings. The van der Waals surface area contributed by atoms with Gasteiger partial charge in [-0.15, -0.1) is 24.0 Å². The standard InChI is InChI=1S/C15H23N3O.HI/c1-2-10-16-15(18-13-6-3-4-7-13)17-11-9-14-8-5-12-19-14;/h3-5,8,12-13H,2,6-7,9-11H2,1H3,(H2,16,17,18);1H. The minimum Gasteiger partial charge on any atom is -0.469 e. The zero-order valence-electron chi connectivity index (χ0n) is 12.0. The zero-order chi connectivity index (χ0) is 13.3. The SMILES string of the molecule is CCCN=C(NCCc1ccco1)NC1CC=CC1.I. The van der Waals surface area contributed by atoms with Crippen LogP contribution in [0.1, 0.15) is 31.9 Å². The summed E-state index contributed by atoms with van der Waals surface area (Å²) in [6.45, 7) is 3.83. The number of rotatable bonds is 6. The molecule has 0 aromatic carbocycles. The average Bonchev–Trinajstić information content (AvgIpc) is 3.08. The molecule has 112 valence electrons. The molecule has 0 bridgehead atoms. The second kappa shape index (κ2) is 9.85. The molecule has 2 rings (SSSR count). The third-order valence-electron chi connectivity index (χ3n) is 3.09. The summed E-state index contributed by atoms with van der Waals surface area (Å²) in [4.78, 5) is 4.56. The van der Waals surface area contributed by atoms with Crippen molar-refractivity contribution in [2.24, 2.45) is 4.99 Å². The lowest BCUT2D eigenvalue weighted by Crippen LogP contribution is -2.43. The molecule has 4 nitrogen and oxygen atoms in total. The van der Waals surface area contributed by atoms with Crippen LogP contribution in [-0.4, -0.2) is 25.1 Å². The van der Waals surface area contributed by atoms with Gasteiger partial charge in [-0.25, -0.2) is 0 Å². The number of nitrogens with one attached hydrogen (secondary N) is 2. The molecule has 0 unspecified atom stereocenters. The number of aliphatic imine (C=N–C) groups is 1. The van der Waals surface area contributed by atoms with E-state index < -0.39 is 0 Å². The quantitative estimate of drug-likeness (QED) is 0.340. The van der Waals surface area contributed by atoms with Crippen molar-refractivity contribution in [3.63, 3.8) is 0 Å². The molecule has 1 aliphatic rings. The molecule has 0 saturated heterocycles. The second-order valence-electron chi connectivity index (χ2n) is 4.77. The van der Waals surface area contributed by atoms with Gasteiger partial charge in [0, 0.05) is 25.6 Å². The topological polar surface area (TPSA) is 49.6 Å². The molecule has 1 aliphatic carbocycles. The molecule has 0 saturated carbocycles. The van der Waals surface area contributed by atoms with Crippen molar-refractivity contribution < 1.29 is 4.42 Å². The van der Waals surface area contributed by atoms with Crippen LogP contribution in [0.15, 0.2) is 40.0 Å². The summed E-state index contributed by atoms with van der Waals surface area (Å²) in [7, 11) is 0. The van der Waals surface area contributed by atoms with Gasteiger partial charge in [-0.2, -0.15) is 0 Å². The lowest BCUT2D eigenvalue weighted by Gasteiger charge is -2.17. The largest absolute Gasteiger partial charge is 0.469 e. The minimum atomic E-state index is 0. The van der Waals surface area contributed by atoms with Crippen molar-refractivity contribution in [2.75, 3.05) is 13.1 Å². The molecule has 0 radical (unpaired) electrons. The molecular formula is C15H24IN3O. The van der Waals surface area contributed by atoms with Crippen LogP contribution < -0.4 is 10.6 Å². The molecule has 0 aliphatic heterocycles. The molecule has 0 fully saturated rings. The van der Waals surface area contributed by atoms with E-state index in [0.29, 0.717) is 6.04 Å². The predicted octanol–water partition coefficient (Wildman–Crippen LogP) is 3.10. The van der Waals surface area contributed by atoms with Gasteiger partial charge in [0.15, 0.2) is 5.96 Å². The number of hydrogen-bond acceptors (Lipinski definition) is 2. The maximum atomic E-state index is 5.32. The summed E-state index contributed by atoms with van der Waals surface area (Å²) < 4.78 is 5.32. The lowest BCUT2D eigenvalue weighted by atomic mass is 10.2. The van der Waals surface area contributed by atoms with E-state index in [2.05, 4.69) is 34.7 Å². The van der Waals surface area contributed by atoms with Crippen LogP contribution in [0.3, 0.4) is 0 Å². The third-order valence-corrected chi connectivity index (χ3v) is 3.09. The van der Waals surface area contributed by atoms with E-state index in [1.807, 2.05) is 12.1 Å². The molecule has 1 aromatic heterocycles. The summed E-state index contributed by atoms with van der Waals surface area (Å²) in [6, 6.07) is 4.41. The Labute approximate surface area is 138 Å². The van der Waals surface area contributed by atoms with Gasteiger partial charge in [-0.1, -0.05) is 19.1 Å². The van der Waals surface area contributed by atoms with Crippen molar-refractivity contribution in [3.05, 3.63) is 36.3 Å². The fraction of sp³-hybridized carbons (Fsp3) is 0.533. The number of furan rings is 1. The number of nitrogens with zero attached hydrogens (tertiary/aromatic N) is 1. The Balaban J connectivity index is 0.00000200. The summed E-state index contributed by atoms with van der Waals surface area (Å²) in [5.41, 5.74) is 0. The molecule has 0 atom stereocenters. The highest BCUT2D eigenvalue weighted by atomic mass is 127. The number of guanidine groups is 1. The van der Waals surface area contributed by atoms with Crippen molar-refractivity contribution in [2.45, 2.75) is 38.6 Å². The highest BCUT2D eigenvalue weighted by Gasteiger charge is 2.11. The maximum absolute atomic E-state index is 5.32. The van der Waals surface area contributed by atoms with Gasteiger partial charge in [0.05, 0.1) is 6.26 Å². The van der Waals surface area contributed by atoms with Crippen molar-refractivity contribution in [3.8, 4) is 0 Å². The van der Waals surface area contributed by atoms with Crippen LogP contribution in [0.2, 0.25) is 0 Å². The Kier molecular flexibility index (Phi) is 8.41. The first-order valence-electron chi connectivity index (χ1n) is 7.10. The van der Waals surface area contributed by atoms with E-state index in [9.17, 15) is 0 Å². The number of halogens is 1. The van der Waals surface area contributed by atoms with Crippen LogP contribution in [0.4, 0.5) is 0 Å². The van der Waals surface area contributed by atoms with E-state index in [-0.39, 0.29) is 24.0 Å². The molecule has 0 spiro atoms. The van der Waals surface area contributed by atoms with Gasteiger partial charge in [0.1, 0.15) is 5.76 Å². The van der Waals surface area contributed by atoms with Crippen LogP contribution in [-0.2, 0) is 6.42 Å². The Morgan fingerprint density at radius 1 is 1.40 bits per heavy atom. The van der Waals surface area contributed by atoms with Gasteiger partial charge >= 0.3 is 0 Å². The van der Waals surface area contributed by atoms with Crippen LogP contribution >= 0.6 is 24.0 Å². The first kappa shape index (κ1) is 17.1. The summed E-state index contributed by atoms with van der Waals surface area (Å²) >= 11 is 0. The Bertz CT molecular complexity index is 407. The van der Waals surface area contributed by atoms with Crippen LogP contribution in [0.5, 0.6) is 0 Å². The predicted molar refractivity (Wildman–Crippen MR) is 93.7 cm³/mol. The van der Waals surface area contributed by atoms with Crippen molar-refractivity contribution in [1.82, 2.24) is 10.6 Å². The molecule has 5 heteroatoms. The lowest BCUT2D eigenvalue weighted by molar-refractivity contribution is 0.506. The highest BCUT2D eigenvalue weighted by molar-refractivity contribution is 14.0. The van der Waals surface area contributed by atoms with Gasteiger partial charge in [-0.05, 0) is 31.4 Å². The average molecular weight is 389 g/mol. The molecular weight excluding hydrogens is 365 g/mol. The smallest absolute Gasteiger partial charge is 0.191 e. The maximum Gasteiger partial charge on any atom is 0.191 e. The first-order valence-corrected chi connectivity index (χ1v) is 7.10. The van der Waals surface area contributed by atoms with Gasteiger partial charge < -0.3 is 15.1 Å². The normalized spacial score (nSPS) is 15.2. The van der Waals surface area contributed by atoms with Gasteiger partial charge in [0.25, 0.3) is 0 Å². The highest BCUT2D eigenvalue weighted by Crippen LogP contribution is 2.08. The van der Waals surface area contributed by atoms with E-state index in [1.165, 1.54) is 0 Å². The van der Waals surface area contributed by atoms with Crippen molar-refractivity contribution >= 4 is 29.9 Å². The summed E-state index contributed by atoms with van der Waals surface area (Å²) in [6.07, 6.45) is 10.3. The van der Waals surface area contributed by atoms with Crippen molar-refractivity contribution in [1.29, 1.82) is 0 Å². The monoisotopic (exact) mass is 389 g/mol. The summed E-state index contributed by atoms with van der Waals surface area (Å²) in [5, 5.41) is 6.85. The van der Waals surface area contributed by atoms with Crippen LogP contribution in [0, 0.1) is 0 Å². The second-order valence-corrected chi connectivity index (χ2v) is 4.77. The molecule has 1 heterocycles. The third kappa shape index (κ3) is 5.98. The fourth-order valence-corrected chi connectivity index (χ4v) is 2.06. The molecule has 0 amide bonds. The summed E-state index contributed by atoms with van der Waals surface area (Å²) in [5.74, 6) is 1.92. The van der Waals surface area contributed by atoms with Gasteiger partial charge in [0.2, 0.25) is 0 Å². The fourth-order valence-electron chi connectivity index (χ4n) is 2.06. The zero-order valence-corrected chi connectivity index (χ0v) is 14.3. The molecule has 2 N–H and O–H groups in total. The first-order chi connectivity index (χ1) is 9.38. The Hall–Kier alpha value is -0.980. The minimum absolute atomic E-state index is 0. The van der Waals surface area contributed by atoms with E-state index in [4.69, 9.17) is 4.42 Å². The van der Waals surface area contributed by atoms with E-state index in [0.717, 1.165) is 50.5 Å².